The Bertz CT molecular complexity index is 537. The van der Waals surface area contributed by atoms with Crippen molar-refractivity contribution >= 4 is 22.1 Å². The van der Waals surface area contributed by atoms with Crippen molar-refractivity contribution < 1.29 is 38.1 Å². The zero-order chi connectivity index (χ0) is 15.8. The van der Waals surface area contributed by atoms with Gasteiger partial charge >= 0.3 is 11.9 Å². The highest BCUT2D eigenvalue weighted by molar-refractivity contribution is 7.85. The molecule has 0 saturated carbocycles. The van der Waals surface area contributed by atoms with Gasteiger partial charge in [-0.15, -0.1) is 0 Å². The van der Waals surface area contributed by atoms with E-state index in [4.69, 9.17) is 10.2 Å². The Morgan fingerprint density at radius 3 is 1.80 bits per heavy atom. The standard InChI is InChI=1S/C7H8O3S.C4H7NO4/c1-6-2-4-7(5-3-6)11(8,9)10;6-3(7)1-5-2-4(8)9/h2-5H,1H3,(H,8,9,10);5H,1-2H2,(H,6,7)(H,8,9). The Labute approximate surface area is 115 Å². The summed E-state index contributed by atoms with van der Waals surface area (Å²) in [5.41, 5.74) is 0.928. The van der Waals surface area contributed by atoms with Crippen LogP contribution in [0.2, 0.25) is 0 Å². The summed E-state index contributed by atoms with van der Waals surface area (Å²) in [6, 6.07) is 5.78. The maximum atomic E-state index is 10.4. The molecule has 1 aromatic carbocycles. The van der Waals surface area contributed by atoms with Gasteiger partial charge in [-0.3, -0.25) is 0 Å². The van der Waals surface area contributed by atoms with Crippen LogP contribution in [0.1, 0.15) is 5.56 Å². The highest BCUT2D eigenvalue weighted by Gasteiger charge is 2.01. The van der Waals surface area contributed by atoms with E-state index in [1.807, 2.05) is 6.92 Å². The highest BCUT2D eigenvalue weighted by atomic mass is 32.2. The molecular formula is C11H15NO7S. The summed E-state index contributed by atoms with van der Waals surface area (Å²) >= 11 is 0. The summed E-state index contributed by atoms with van der Waals surface area (Å²) in [7, 11) is -4.27. The van der Waals surface area contributed by atoms with Gasteiger partial charge in [-0.2, -0.15) is 0 Å². The normalized spacial score (nSPS) is 10.3. The first kappa shape index (κ1) is 18.0. The molecule has 4 N–H and O–H groups in total. The van der Waals surface area contributed by atoms with E-state index >= 15 is 0 Å². The minimum absolute atomic E-state index is 0.178. The molecule has 0 aliphatic heterocycles. The molecule has 112 valence electrons. The number of benzene rings is 1. The third-order valence-corrected chi connectivity index (χ3v) is 2.80. The van der Waals surface area contributed by atoms with E-state index in [0.717, 1.165) is 5.56 Å². The van der Waals surface area contributed by atoms with Crippen LogP contribution in [-0.4, -0.2) is 48.2 Å². The molecule has 0 aliphatic rings. The third kappa shape index (κ3) is 9.03. The van der Waals surface area contributed by atoms with Gasteiger partial charge in [0.25, 0.3) is 0 Å². The summed E-state index contributed by atoms with van der Waals surface area (Å²) in [6.45, 7) is 1.44. The molecule has 9 heteroatoms. The van der Waals surface area contributed by atoms with E-state index in [0.29, 0.717) is 0 Å². The van der Waals surface area contributed by atoms with E-state index in [1.54, 1.807) is 12.1 Å². The number of hydrogen-bond acceptors (Lipinski definition) is 5. The summed E-state index contributed by atoms with van der Waals surface area (Å²) in [6.07, 6.45) is 0. The molecule has 0 amide bonds. The second kappa shape index (κ2) is 8.25. The second-order valence-electron chi connectivity index (χ2n) is 3.75. The Morgan fingerprint density at radius 2 is 1.50 bits per heavy atom. The molecule has 0 unspecified atom stereocenters. The average molecular weight is 305 g/mol. The first-order valence-corrected chi connectivity index (χ1v) is 6.81. The van der Waals surface area contributed by atoms with Crippen molar-refractivity contribution in [1.82, 2.24) is 0 Å². The number of carbonyl (C=O) groups is 2. The first-order valence-electron chi connectivity index (χ1n) is 5.40. The van der Waals surface area contributed by atoms with Crippen molar-refractivity contribution in [2.45, 2.75) is 11.8 Å². The fourth-order valence-electron chi connectivity index (χ4n) is 1.02. The van der Waals surface area contributed by atoms with Gasteiger partial charge in [0.05, 0.1) is 4.90 Å². The van der Waals surface area contributed by atoms with Crippen LogP contribution in [0.15, 0.2) is 29.2 Å². The van der Waals surface area contributed by atoms with E-state index < -0.39 is 22.1 Å². The number of rotatable bonds is 5. The quantitative estimate of drug-likeness (QED) is 0.567. The van der Waals surface area contributed by atoms with Crippen LogP contribution in [-0.2, 0) is 19.7 Å². The molecule has 0 heterocycles. The predicted octanol–water partition coefficient (Wildman–Crippen LogP) is -1.38. The lowest BCUT2D eigenvalue weighted by Gasteiger charge is -2.05. The molecule has 0 aromatic heterocycles. The molecule has 0 aliphatic carbocycles. The van der Waals surface area contributed by atoms with Gasteiger partial charge in [0.15, 0.2) is 13.1 Å². The van der Waals surface area contributed by atoms with Crippen molar-refractivity contribution in [3.8, 4) is 0 Å². The molecule has 0 saturated heterocycles. The molecule has 0 atom stereocenters. The number of nitrogens with two attached hydrogens (primary N) is 1. The van der Waals surface area contributed by atoms with Crippen molar-refractivity contribution in [1.29, 1.82) is 0 Å². The van der Waals surface area contributed by atoms with Crippen LogP contribution < -0.4 is 5.32 Å². The second-order valence-corrected chi connectivity index (χ2v) is 5.13. The van der Waals surface area contributed by atoms with E-state index in [9.17, 15) is 22.6 Å². The summed E-state index contributed by atoms with van der Waals surface area (Å²) in [5.74, 6) is -2.01. The fraction of sp³-hybridized carbons (Fsp3) is 0.273. The molecule has 0 spiro atoms. The van der Waals surface area contributed by atoms with E-state index in [1.165, 1.54) is 17.4 Å². The summed E-state index contributed by atoms with van der Waals surface area (Å²) < 4.78 is 31.2. The summed E-state index contributed by atoms with van der Waals surface area (Å²) in [5, 5.41) is 17.2. The van der Waals surface area contributed by atoms with Gasteiger partial charge in [0.2, 0.25) is 0 Å². The number of aliphatic carboxylic acids is 2. The lowest BCUT2D eigenvalue weighted by Crippen LogP contribution is -2.87. The van der Waals surface area contributed by atoms with Crippen molar-refractivity contribution in [3.63, 3.8) is 0 Å². The van der Waals surface area contributed by atoms with Crippen LogP contribution in [0.4, 0.5) is 0 Å². The van der Waals surface area contributed by atoms with Crippen LogP contribution in [0.5, 0.6) is 0 Å². The van der Waals surface area contributed by atoms with Crippen LogP contribution in [0, 0.1) is 6.92 Å². The van der Waals surface area contributed by atoms with Crippen LogP contribution in [0.25, 0.3) is 0 Å². The number of carboxylic acid groups (broad SMARTS) is 2. The van der Waals surface area contributed by atoms with Crippen molar-refractivity contribution in [2.75, 3.05) is 13.1 Å². The zero-order valence-electron chi connectivity index (χ0n) is 10.6. The van der Waals surface area contributed by atoms with Gasteiger partial charge in [0, 0.05) is 0 Å². The average Bonchev–Trinajstić information content (AvgIpc) is 2.28. The first-order chi connectivity index (χ1) is 9.12. The minimum Gasteiger partial charge on any atom is -0.744 e. The molecule has 0 radical (unpaired) electrons. The van der Waals surface area contributed by atoms with Crippen LogP contribution >= 0.6 is 0 Å². The lowest BCUT2D eigenvalue weighted by atomic mass is 10.2. The molecule has 1 rings (SSSR count). The van der Waals surface area contributed by atoms with Crippen LogP contribution in [0.3, 0.4) is 0 Å². The summed E-state index contributed by atoms with van der Waals surface area (Å²) in [4.78, 5) is 19.3. The predicted molar refractivity (Wildman–Crippen MR) is 66.1 cm³/mol. The van der Waals surface area contributed by atoms with Gasteiger partial charge in [-0.1, -0.05) is 17.7 Å². The van der Waals surface area contributed by atoms with Gasteiger partial charge < -0.3 is 20.1 Å². The minimum atomic E-state index is -4.27. The molecule has 8 nitrogen and oxygen atoms in total. The maximum Gasteiger partial charge on any atom is 0.359 e. The van der Waals surface area contributed by atoms with E-state index in [-0.39, 0.29) is 18.0 Å². The largest absolute Gasteiger partial charge is 0.744 e. The number of aryl methyl sites for hydroxylation is 1. The van der Waals surface area contributed by atoms with Gasteiger partial charge in [-0.25, -0.2) is 18.0 Å². The molecule has 0 fully saturated rings. The number of quaternary nitrogens is 1. The zero-order valence-corrected chi connectivity index (χ0v) is 11.5. The molecule has 1 aromatic rings. The maximum absolute atomic E-state index is 10.4. The highest BCUT2D eigenvalue weighted by Crippen LogP contribution is 2.08. The third-order valence-electron chi connectivity index (χ3n) is 1.95. The van der Waals surface area contributed by atoms with Crippen molar-refractivity contribution in [2.24, 2.45) is 0 Å². The number of hydrogen-bond donors (Lipinski definition) is 3. The smallest absolute Gasteiger partial charge is 0.359 e. The topological polar surface area (TPSA) is 148 Å². The number of carboxylic acids is 2. The molecule has 0 bridgehead atoms. The molecule has 20 heavy (non-hydrogen) atoms. The Kier molecular flexibility index (Phi) is 7.44. The van der Waals surface area contributed by atoms with Gasteiger partial charge in [0.1, 0.15) is 10.1 Å². The molecular weight excluding hydrogens is 290 g/mol. The SMILES string of the molecule is Cc1ccc(S(=O)(=O)[O-])cc1.O=C(O)C[NH2+]CC(=O)O. The van der Waals surface area contributed by atoms with Gasteiger partial charge in [-0.05, 0) is 19.1 Å². The fourth-order valence-corrected chi connectivity index (χ4v) is 1.49. The van der Waals surface area contributed by atoms with E-state index in [2.05, 4.69) is 0 Å². The Morgan fingerprint density at radius 1 is 1.10 bits per heavy atom. The van der Waals surface area contributed by atoms with Crippen molar-refractivity contribution in [3.05, 3.63) is 29.8 Å². The Balaban J connectivity index is 0.000000370. The lowest BCUT2D eigenvalue weighted by molar-refractivity contribution is -0.635. The Hall–Kier alpha value is -1.97. The monoisotopic (exact) mass is 305 g/mol.